The second-order valence-corrected chi connectivity index (χ2v) is 8.19. The van der Waals surface area contributed by atoms with Gasteiger partial charge in [0.15, 0.2) is 5.16 Å². The average Bonchev–Trinajstić information content (AvgIpc) is 3.20. The van der Waals surface area contributed by atoms with Crippen LogP contribution in [0, 0.1) is 6.92 Å². The number of methoxy groups -OCH3 is 1. The lowest BCUT2D eigenvalue weighted by atomic mass is 10.1. The maximum absolute atomic E-state index is 13.3. The minimum absolute atomic E-state index is 0.127. The molecule has 7 heteroatoms. The second kappa shape index (κ2) is 10.8. The van der Waals surface area contributed by atoms with Gasteiger partial charge in [0, 0.05) is 6.54 Å². The van der Waals surface area contributed by atoms with Crippen molar-refractivity contribution in [3.63, 3.8) is 0 Å². The van der Waals surface area contributed by atoms with Crippen molar-refractivity contribution in [3.05, 3.63) is 66.0 Å². The Balaban J connectivity index is 1.85. The zero-order valence-corrected chi connectivity index (χ0v) is 18.5. The summed E-state index contributed by atoms with van der Waals surface area (Å²) in [6.45, 7) is 5.01. The summed E-state index contributed by atoms with van der Waals surface area (Å²) in [5.41, 5.74) is 2.62. The van der Waals surface area contributed by atoms with E-state index < -0.39 is 5.25 Å². The third kappa shape index (κ3) is 5.63. The van der Waals surface area contributed by atoms with E-state index in [0.29, 0.717) is 11.4 Å². The number of amides is 1. The van der Waals surface area contributed by atoms with Crippen LogP contribution in [0.1, 0.15) is 42.6 Å². The molecule has 1 atom stereocenters. The highest BCUT2D eigenvalue weighted by Crippen LogP contribution is 2.36. The second-order valence-electron chi connectivity index (χ2n) is 7.12. The van der Waals surface area contributed by atoms with Gasteiger partial charge in [0.05, 0.1) is 12.8 Å². The lowest BCUT2D eigenvalue weighted by molar-refractivity contribution is -0.115. The Kier molecular flexibility index (Phi) is 7.90. The van der Waals surface area contributed by atoms with Crippen molar-refractivity contribution in [3.8, 4) is 5.75 Å². The van der Waals surface area contributed by atoms with Crippen LogP contribution >= 0.6 is 11.8 Å². The predicted octanol–water partition coefficient (Wildman–Crippen LogP) is 5.26. The van der Waals surface area contributed by atoms with Crippen LogP contribution in [0.3, 0.4) is 0 Å². The van der Waals surface area contributed by atoms with Crippen LogP contribution in [0.4, 0.5) is 5.69 Å². The van der Waals surface area contributed by atoms with Crippen LogP contribution in [-0.2, 0) is 11.3 Å². The molecule has 0 aliphatic heterocycles. The number of ether oxygens (including phenoxy) is 1. The molecule has 6 nitrogen and oxygen atoms in total. The fourth-order valence-electron chi connectivity index (χ4n) is 3.15. The number of aryl methyl sites for hydroxylation is 2. The average molecular weight is 425 g/mol. The topological polar surface area (TPSA) is 69.0 Å². The summed E-state index contributed by atoms with van der Waals surface area (Å²) in [6, 6.07) is 15.5. The van der Waals surface area contributed by atoms with Crippen LogP contribution < -0.4 is 10.1 Å². The van der Waals surface area contributed by atoms with Crippen LogP contribution in [0.2, 0.25) is 0 Å². The molecule has 0 aliphatic rings. The van der Waals surface area contributed by atoms with E-state index in [0.717, 1.165) is 42.1 Å². The summed E-state index contributed by atoms with van der Waals surface area (Å²) in [5, 5.41) is 11.7. The lowest BCUT2D eigenvalue weighted by Crippen LogP contribution is -2.20. The van der Waals surface area contributed by atoms with Gasteiger partial charge in [0.25, 0.3) is 0 Å². The molecule has 0 radical (unpaired) electrons. The van der Waals surface area contributed by atoms with E-state index in [-0.39, 0.29) is 5.91 Å². The first-order chi connectivity index (χ1) is 14.6. The Morgan fingerprint density at radius 2 is 2.00 bits per heavy atom. The summed E-state index contributed by atoms with van der Waals surface area (Å²) >= 11 is 1.41. The molecule has 0 bridgehead atoms. The smallest absolute Gasteiger partial charge is 0.242 e. The maximum Gasteiger partial charge on any atom is 0.242 e. The number of unbranched alkanes of at least 4 members (excludes halogenated alkanes) is 2. The Hall–Kier alpha value is -2.80. The SMILES string of the molecule is CCCCCn1cnnc1S[C@@H](C(=O)Nc1cc(C)ccc1OC)c1ccccc1. The molecule has 0 unspecified atom stereocenters. The van der Waals surface area contributed by atoms with Crippen LogP contribution in [-0.4, -0.2) is 27.8 Å². The Morgan fingerprint density at radius 1 is 1.20 bits per heavy atom. The van der Waals surface area contributed by atoms with Gasteiger partial charge in [0.1, 0.15) is 17.3 Å². The molecule has 0 fully saturated rings. The van der Waals surface area contributed by atoms with E-state index in [1.54, 1.807) is 13.4 Å². The summed E-state index contributed by atoms with van der Waals surface area (Å²) in [5.74, 6) is 0.506. The van der Waals surface area contributed by atoms with Gasteiger partial charge in [0.2, 0.25) is 5.91 Å². The van der Waals surface area contributed by atoms with Crippen LogP contribution in [0.15, 0.2) is 60.0 Å². The van der Waals surface area contributed by atoms with Crippen molar-refractivity contribution < 1.29 is 9.53 Å². The third-order valence-corrected chi connectivity index (χ3v) is 6.01. The minimum Gasteiger partial charge on any atom is -0.495 e. The number of nitrogens with zero attached hydrogens (tertiary/aromatic N) is 3. The van der Waals surface area contributed by atoms with E-state index in [2.05, 4.69) is 22.4 Å². The van der Waals surface area contributed by atoms with Gasteiger partial charge in [-0.1, -0.05) is 67.9 Å². The number of anilines is 1. The summed E-state index contributed by atoms with van der Waals surface area (Å²) in [4.78, 5) is 13.3. The zero-order valence-electron chi connectivity index (χ0n) is 17.7. The first-order valence-corrected chi connectivity index (χ1v) is 11.0. The number of benzene rings is 2. The number of nitrogens with one attached hydrogen (secondary N) is 1. The molecule has 2 aromatic carbocycles. The van der Waals surface area contributed by atoms with Gasteiger partial charge in [-0.15, -0.1) is 10.2 Å². The molecule has 0 spiro atoms. The summed E-state index contributed by atoms with van der Waals surface area (Å²) in [6.07, 6.45) is 5.10. The van der Waals surface area contributed by atoms with Gasteiger partial charge in [-0.3, -0.25) is 4.79 Å². The van der Waals surface area contributed by atoms with Crippen molar-refractivity contribution >= 4 is 23.4 Å². The Morgan fingerprint density at radius 3 is 2.73 bits per heavy atom. The van der Waals surface area contributed by atoms with Crippen molar-refractivity contribution in [2.75, 3.05) is 12.4 Å². The van der Waals surface area contributed by atoms with E-state index in [4.69, 9.17) is 4.74 Å². The molecule has 1 N–H and O–H groups in total. The summed E-state index contributed by atoms with van der Waals surface area (Å²) < 4.78 is 7.44. The molecule has 1 aromatic heterocycles. The molecule has 3 aromatic rings. The Labute approximate surface area is 182 Å². The number of thioether (sulfide) groups is 1. The number of hydrogen-bond donors (Lipinski definition) is 1. The predicted molar refractivity (Wildman–Crippen MR) is 121 cm³/mol. The first-order valence-electron chi connectivity index (χ1n) is 10.2. The highest BCUT2D eigenvalue weighted by molar-refractivity contribution is 8.00. The van der Waals surface area contributed by atoms with Gasteiger partial charge in [-0.05, 0) is 36.6 Å². The maximum atomic E-state index is 13.3. The third-order valence-electron chi connectivity index (χ3n) is 4.76. The standard InChI is InChI=1S/C23H28N4O2S/c1-4-5-9-14-27-16-24-26-23(27)30-21(18-10-7-6-8-11-18)22(28)25-19-15-17(2)12-13-20(19)29-3/h6-8,10-13,15-16,21H,4-5,9,14H2,1-3H3,(H,25,28)/t21-/m1/s1. The fraction of sp³-hybridized carbons (Fsp3) is 0.348. The number of carbonyl (C=O) groups excluding carboxylic acids is 1. The van der Waals surface area contributed by atoms with Crippen LogP contribution in [0.25, 0.3) is 0 Å². The van der Waals surface area contributed by atoms with Crippen molar-refractivity contribution in [1.82, 2.24) is 14.8 Å². The zero-order chi connectivity index (χ0) is 21.3. The molecule has 0 aliphatic carbocycles. The Bertz CT molecular complexity index is 959. The normalized spacial score (nSPS) is 11.8. The van der Waals surface area contributed by atoms with E-state index >= 15 is 0 Å². The number of hydrogen-bond acceptors (Lipinski definition) is 5. The molecule has 1 amide bonds. The van der Waals surface area contributed by atoms with Gasteiger partial charge in [-0.25, -0.2) is 0 Å². The summed E-state index contributed by atoms with van der Waals surface area (Å²) in [7, 11) is 1.60. The number of rotatable bonds is 10. The molecule has 0 saturated heterocycles. The molecule has 0 saturated carbocycles. The van der Waals surface area contributed by atoms with Crippen molar-refractivity contribution in [1.29, 1.82) is 0 Å². The van der Waals surface area contributed by atoms with Gasteiger partial charge in [-0.2, -0.15) is 0 Å². The quantitative estimate of drug-likeness (QED) is 0.355. The largest absolute Gasteiger partial charge is 0.495 e. The number of carbonyl (C=O) groups is 1. The monoisotopic (exact) mass is 424 g/mol. The van der Waals surface area contributed by atoms with E-state index in [1.807, 2.05) is 60.0 Å². The fourth-order valence-corrected chi connectivity index (χ4v) is 4.18. The van der Waals surface area contributed by atoms with Crippen molar-refractivity contribution in [2.24, 2.45) is 0 Å². The van der Waals surface area contributed by atoms with Gasteiger partial charge < -0.3 is 14.6 Å². The van der Waals surface area contributed by atoms with E-state index in [9.17, 15) is 4.79 Å². The highest BCUT2D eigenvalue weighted by atomic mass is 32.2. The number of aromatic nitrogens is 3. The molecule has 158 valence electrons. The molecule has 1 heterocycles. The molecule has 30 heavy (non-hydrogen) atoms. The molecular weight excluding hydrogens is 396 g/mol. The molecular formula is C23H28N4O2S. The van der Waals surface area contributed by atoms with Crippen molar-refractivity contribution in [2.45, 2.75) is 50.1 Å². The van der Waals surface area contributed by atoms with E-state index in [1.165, 1.54) is 11.8 Å². The van der Waals surface area contributed by atoms with Crippen LogP contribution in [0.5, 0.6) is 5.75 Å². The minimum atomic E-state index is -0.467. The highest BCUT2D eigenvalue weighted by Gasteiger charge is 2.25. The van der Waals surface area contributed by atoms with Gasteiger partial charge >= 0.3 is 0 Å². The molecule has 3 rings (SSSR count). The first kappa shape index (κ1) is 21.9. The lowest BCUT2D eigenvalue weighted by Gasteiger charge is -2.18.